The molecule has 1 aromatic heterocycles. The van der Waals surface area contributed by atoms with Crippen LogP contribution >= 0.6 is 0 Å². The summed E-state index contributed by atoms with van der Waals surface area (Å²) < 4.78 is 0. The number of hydrogen-bond acceptors (Lipinski definition) is 5. The molecular weight excluding hydrogens is 244 g/mol. The number of nitrogens with two attached hydrogens (primary N) is 1. The van der Waals surface area contributed by atoms with Gasteiger partial charge in [-0.05, 0) is 25.5 Å². The predicted octanol–water partition coefficient (Wildman–Crippen LogP) is 0.343. The maximum Gasteiger partial charge on any atom is 0.249 e. The summed E-state index contributed by atoms with van der Waals surface area (Å²) in [6.07, 6.45) is 2.29. The van der Waals surface area contributed by atoms with Gasteiger partial charge in [0.15, 0.2) is 0 Å². The Morgan fingerprint density at radius 2 is 2.26 bits per heavy atom. The van der Waals surface area contributed by atoms with Crippen molar-refractivity contribution in [1.82, 2.24) is 10.3 Å². The van der Waals surface area contributed by atoms with Gasteiger partial charge in [-0.25, -0.2) is 0 Å². The van der Waals surface area contributed by atoms with E-state index >= 15 is 0 Å². The first-order valence-electron chi connectivity index (χ1n) is 6.34. The van der Waals surface area contributed by atoms with Gasteiger partial charge in [-0.3, -0.25) is 19.9 Å². The number of anilines is 1. The lowest BCUT2D eigenvalue weighted by molar-refractivity contribution is -0.132. The summed E-state index contributed by atoms with van der Waals surface area (Å²) in [7, 11) is 0. The summed E-state index contributed by atoms with van der Waals surface area (Å²) in [5, 5.41) is 2.35. The standard InChI is InChI=1S/C13H18N4O2/c1-3-11-13(19)16-12(18)7-17(11)9-4-5-10(8(2)14)15-6-9/h4-6,8,11H,3,7,14H2,1-2H3,(H,16,18,19)/t8-,11?/m1/s1. The van der Waals surface area contributed by atoms with Crippen molar-refractivity contribution in [3.63, 3.8) is 0 Å². The van der Waals surface area contributed by atoms with Crippen LogP contribution in [-0.2, 0) is 9.59 Å². The van der Waals surface area contributed by atoms with E-state index in [1.807, 2.05) is 26.0 Å². The van der Waals surface area contributed by atoms with Gasteiger partial charge in [0.2, 0.25) is 11.8 Å². The molecule has 0 bridgehead atoms. The van der Waals surface area contributed by atoms with Crippen LogP contribution in [0.15, 0.2) is 18.3 Å². The van der Waals surface area contributed by atoms with Crippen molar-refractivity contribution >= 4 is 17.5 Å². The quantitative estimate of drug-likeness (QED) is 0.767. The van der Waals surface area contributed by atoms with Crippen LogP contribution in [0, 0.1) is 0 Å². The van der Waals surface area contributed by atoms with Crippen LogP contribution < -0.4 is 16.0 Å². The Hall–Kier alpha value is -1.95. The summed E-state index contributed by atoms with van der Waals surface area (Å²) in [5.74, 6) is -0.541. The average Bonchev–Trinajstić information content (AvgIpc) is 2.38. The fourth-order valence-corrected chi connectivity index (χ4v) is 2.18. The number of nitrogens with zero attached hydrogens (tertiary/aromatic N) is 2. The van der Waals surface area contributed by atoms with Crippen molar-refractivity contribution in [2.75, 3.05) is 11.4 Å². The molecule has 0 aliphatic carbocycles. The third kappa shape index (κ3) is 2.73. The molecule has 2 atom stereocenters. The Labute approximate surface area is 112 Å². The van der Waals surface area contributed by atoms with Crippen LogP contribution in [-0.4, -0.2) is 29.4 Å². The highest BCUT2D eigenvalue weighted by atomic mass is 16.2. The van der Waals surface area contributed by atoms with Gasteiger partial charge in [0.1, 0.15) is 6.04 Å². The second kappa shape index (κ2) is 5.36. The fourth-order valence-electron chi connectivity index (χ4n) is 2.18. The summed E-state index contributed by atoms with van der Waals surface area (Å²) in [6, 6.07) is 3.20. The lowest BCUT2D eigenvalue weighted by Crippen LogP contribution is -2.58. The number of amides is 2. The van der Waals surface area contributed by atoms with Crippen molar-refractivity contribution in [2.45, 2.75) is 32.4 Å². The first-order valence-corrected chi connectivity index (χ1v) is 6.34. The highest BCUT2D eigenvalue weighted by Crippen LogP contribution is 2.21. The minimum absolute atomic E-state index is 0.137. The molecule has 2 amide bonds. The minimum Gasteiger partial charge on any atom is -0.349 e. The van der Waals surface area contributed by atoms with Crippen molar-refractivity contribution in [2.24, 2.45) is 5.73 Å². The number of rotatable bonds is 3. The highest BCUT2D eigenvalue weighted by Gasteiger charge is 2.32. The van der Waals surface area contributed by atoms with Gasteiger partial charge in [-0.15, -0.1) is 0 Å². The second-order valence-electron chi connectivity index (χ2n) is 4.69. The molecule has 2 rings (SSSR count). The number of pyridine rings is 1. The molecule has 1 fully saturated rings. The Balaban J connectivity index is 2.27. The normalized spacial score (nSPS) is 21.2. The van der Waals surface area contributed by atoms with Crippen LogP contribution in [0.4, 0.5) is 5.69 Å². The topological polar surface area (TPSA) is 88.3 Å². The molecule has 1 saturated heterocycles. The Bertz CT molecular complexity index is 484. The molecule has 0 saturated carbocycles. The third-order valence-corrected chi connectivity index (χ3v) is 3.21. The summed E-state index contributed by atoms with van der Waals surface area (Å²) in [4.78, 5) is 29.3. The van der Waals surface area contributed by atoms with E-state index in [9.17, 15) is 9.59 Å². The van der Waals surface area contributed by atoms with Gasteiger partial charge in [0, 0.05) is 6.04 Å². The van der Waals surface area contributed by atoms with Gasteiger partial charge in [0.25, 0.3) is 0 Å². The van der Waals surface area contributed by atoms with Gasteiger partial charge < -0.3 is 10.6 Å². The maximum absolute atomic E-state index is 11.8. The molecular formula is C13H18N4O2. The molecule has 0 radical (unpaired) electrons. The summed E-state index contributed by atoms with van der Waals surface area (Å²) in [5.41, 5.74) is 7.29. The number of nitrogens with one attached hydrogen (secondary N) is 1. The van der Waals surface area contributed by atoms with Crippen molar-refractivity contribution in [3.8, 4) is 0 Å². The van der Waals surface area contributed by atoms with Crippen molar-refractivity contribution < 1.29 is 9.59 Å². The molecule has 6 nitrogen and oxygen atoms in total. The molecule has 0 aromatic carbocycles. The number of imide groups is 1. The zero-order valence-corrected chi connectivity index (χ0v) is 11.1. The van der Waals surface area contributed by atoms with E-state index in [0.717, 1.165) is 11.4 Å². The number of carbonyl (C=O) groups is 2. The molecule has 0 spiro atoms. The average molecular weight is 262 g/mol. The number of hydrogen-bond donors (Lipinski definition) is 2. The zero-order chi connectivity index (χ0) is 14.0. The number of aromatic nitrogens is 1. The minimum atomic E-state index is -0.333. The predicted molar refractivity (Wildman–Crippen MR) is 71.4 cm³/mol. The van der Waals surface area contributed by atoms with Crippen LogP contribution in [0.5, 0.6) is 0 Å². The largest absolute Gasteiger partial charge is 0.349 e. The van der Waals surface area contributed by atoms with Crippen molar-refractivity contribution in [1.29, 1.82) is 0 Å². The van der Waals surface area contributed by atoms with E-state index in [4.69, 9.17) is 5.73 Å². The summed E-state index contributed by atoms with van der Waals surface area (Å²) in [6.45, 7) is 3.94. The summed E-state index contributed by atoms with van der Waals surface area (Å²) >= 11 is 0. The molecule has 3 N–H and O–H groups in total. The van der Waals surface area contributed by atoms with E-state index in [0.29, 0.717) is 6.42 Å². The maximum atomic E-state index is 11.8. The van der Waals surface area contributed by atoms with E-state index < -0.39 is 0 Å². The number of piperazine rings is 1. The van der Waals surface area contributed by atoms with Gasteiger partial charge in [-0.2, -0.15) is 0 Å². The molecule has 1 aliphatic heterocycles. The van der Waals surface area contributed by atoms with Gasteiger partial charge in [0.05, 0.1) is 24.1 Å². The highest BCUT2D eigenvalue weighted by molar-refractivity contribution is 6.04. The Kier molecular flexibility index (Phi) is 3.80. The monoisotopic (exact) mass is 262 g/mol. The first kappa shape index (κ1) is 13.5. The molecule has 19 heavy (non-hydrogen) atoms. The molecule has 1 aromatic rings. The molecule has 1 aliphatic rings. The zero-order valence-electron chi connectivity index (χ0n) is 11.1. The fraction of sp³-hybridized carbons (Fsp3) is 0.462. The van der Waals surface area contributed by atoms with Gasteiger partial charge >= 0.3 is 0 Å². The molecule has 1 unspecified atom stereocenters. The second-order valence-corrected chi connectivity index (χ2v) is 4.69. The van der Waals surface area contributed by atoms with E-state index in [2.05, 4.69) is 10.3 Å². The Morgan fingerprint density at radius 1 is 1.53 bits per heavy atom. The molecule has 102 valence electrons. The first-order chi connectivity index (χ1) is 9.02. The van der Waals surface area contributed by atoms with Crippen molar-refractivity contribution in [3.05, 3.63) is 24.0 Å². The number of carbonyl (C=O) groups excluding carboxylic acids is 2. The van der Waals surface area contributed by atoms with Crippen LogP contribution in [0.3, 0.4) is 0 Å². The lowest BCUT2D eigenvalue weighted by atomic mass is 10.1. The smallest absolute Gasteiger partial charge is 0.249 e. The third-order valence-electron chi connectivity index (χ3n) is 3.21. The lowest BCUT2D eigenvalue weighted by Gasteiger charge is -2.35. The van der Waals surface area contributed by atoms with E-state index in [1.54, 1.807) is 11.1 Å². The van der Waals surface area contributed by atoms with E-state index in [1.165, 1.54) is 0 Å². The van der Waals surface area contributed by atoms with Crippen LogP contribution in [0.1, 0.15) is 32.0 Å². The Morgan fingerprint density at radius 3 is 2.79 bits per heavy atom. The SMILES string of the molecule is CCC1C(=O)NC(=O)CN1c1ccc([C@@H](C)N)nc1. The van der Waals surface area contributed by atoms with Gasteiger partial charge in [-0.1, -0.05) is 6.92 Å². The van der Waals surface area contributed by atoms with E-state index in [-0.39, 0.29) is 30.4 Å². The van der Waals surface area contributed by atoms with Crippen LogP contribution in [0.25, 0.3) is 0 Å². The molecule has 6 heteroatoms. The van der Waals surface area contributed by atoms with Crippen LogP contribution in [0.2, 0.25) is 0 Å². The molecule has 2 heterocycles.